The van der Waals surface area contributed by atoms with Crippen molar-refractivity contribution in [1.29, 1.82) is 0 Å². The van der Waals surface area contributed by atoms with Gasteiger partial charge in [-0.25, -0.2) is 4.98 Å². The van der Waals surface area contributed by atoms with Crippen molar-refractivity contribution in [2.45, 2.75) is 0 Å². The summed E-state index contributed by atoms with van der Waals surface area (Å²) in [4.78, 5) is 15.6. The lowest BCUT2D eigenvalue weighted by atomic mass is 10.2. The van der Waals surface area contributed by atoms with Crippen molar-refractivity contribution in [1.82, 2.24) is 4.98 Å². The van der Waals surface area contributed by atoms with Crippen LogP contribution in [-0.4, -0.2) is 11.3 Å². The molecule has 0 saturated heterocycles. The molecule has 2 aromatic rings. The molecule has 0 spiro atoms. The zero-order chi connectivity index (χ0) is 9.42. The van der Waals surface area contributed by atoms with Gasteiger partial charge in [-0.2, -0.15) is 0 Å². The van der Waals surface area contributed by atoms with Crippen LogP contribution in [0.2, 0.25) is 5.15 Å². The van der Waals surface area contributed by atoms with Gasteiger partial charge in [-0.05, 0) is 28.1 Å². The van der Waals surface area contributed by atoms with Crippen molar-refractivity contribution < 1.29 is 4.79 Å². The van der Waals surface area contributed by atoms with Gasteiger partial charge in [-0.15, -0.1) is 11.3 Å². The molecule has 0 aromatic carbocycles. The molecule has 2 aromatic heterocycles. The predicted molar refractivity (Wildman–Crippen MR) is 57.7 cm³/mol. The van der Waals surface area contributed by atoms with E-state index < -0.39 is 0 Å². The molecule has 0 amide bonds. The van der Waals surface area contributed by atoms with Gasteiger partial charge in [0.05, 0.1) is 3.79 Å². The van der Waals surface area contributed by atoms with E-state index in [1.165, 1.54) is 11.3 Å². The third kappa shape index (κ3) is 1.61. The van der Waals surface area contributed by atoms with Crippen molar-refractivity contribution in [2.75, 3.05) is 0 Å². The van der Waals surface area contributed by atoms with Gasteiger partial charge in [-0.1, -0.05) is 11.6 Å². The highest BCUT2D eigenvalue weighted by Crippen LogP contribution is 2.31. The Morgan fingerprint density at radius 1 is 1.54 bits per heavy atom. The Morgan fingerprint density at radius 3 is 3.00 bits per heavy atom. The molecule has 0 radical (unpaired) electrons. The molecule has 0 aliphatic rings. The van der Waals surface area contributed by atoms with Gasteiger partial charge >= 0.3 is 0 Å². The van der Waals surface area contributed by atoms with Crippen LogP contribution in [-0.2, 0) is 0 Å². The van der Waals surface area contributed by atoms with Gasteiger partial charge in [0.15, 0.2) is 6.29 Å². The van der Waals surface area contributed by atoms with E-state index in [0.717, 1.165) is 20.3 Å². The Labute approximate surface area is 91.7 Å². The van der Waals surface area contributed by atoms with Crippen LogP contribution in [0.1, 0.15) is 10.4 Å². The molecule has 2 rings (SSSR count). The summed E-state index contributed by atoms with van der Waals surface area (Å²) in [6.45, 7) is 0. The summed E-state index contributed by atoms with van der Waals surface area (Å²) < 4.78 is 0.945. The number of aromatic nitrogens is 1. The Morgan fingerprint density at radius 2 is 2.31 bits per heavy atom. The molecule has 66 valence electrons. The number of aldehydes is 1. The molecular formula is C8H3BrClNOS. The molecule has 2 heterocycles. The lowest BCUT2D eigenvalue weighted by Crippen LogP contribution is -1.83. The smallest absolute Gasteiger partial charge is 0.150 e. The number of thiophene rings is 1. The van der Waals surface area contributed by atoms with E-state index in [9.17, 15) is 4.79 Å². The highest BCUT2D eigenvalue weighted by Gasteiger charge is 2.07. The quantitative estimate of drug-likeness (QED) is 0.589. The van der Waals surface area contributed by atoms with E-state index >= 15 is 0 Å². The number of rotatable bonds is 1. The first-order chi connectivity index (χ1) is 6.20. The Hall–Kier alpha value is -0.450. The van der Waals surface area contributed by atoms with Crippen LogP contribution in [0.4, 0.5) is 0 Å². The third-order valence-electron chi connectivity index (χ3n) is 1.60. The van der Waals surface area contributed by atoms with E-state index in [1.807, 2.05) is 6.07 Å². The average molecular weight is 277 g/mol. The molecule has 5 heteroatoms. The summed E-state index contributed by atoms with van der Waals surface area (Å²) in [6.07, 6.45) is 0.787. The molecule has 0 bridgehead atoms. The molecule has 2 nitrogen and oxygen atoms in total. The van der Waals surface area contributed by atoms with E-state index in [0.29, 0.717) is 10.7 Å². The zero-order valence-corrected chi connectivity index (χ0v) is 9.41. The molecule has 0 N–H and O–H groups in total. The Balaban J connectivity index is 2.88. The topological polar surface area (TPSA) is 30.0 Å². The molecule has 0 fully saturated rings. The number of pyridine rings is 1. The minimum absolute atomic E-state index is 0.351. The lowest BCUT2D eigenvalue weighted by molar-refractivity contribution is 0.112. The number of fused-ring (bicyclic) bond motifs is 1. The van der Waals surface area contributed by atoms with Gasteiger partial charge < -0.3 is 0 Å². The largest absolute Gasteiger partial charge is 0.298 e. The Kier molecular flexibility index (Phi) is 2.36. The fourth-order valence-corrected chi connectivity index (χ4v) is 2.81. The number of halogens is 2. The summed E-state index contributed by atoms with van der Waals surface area (Å²) in [5.74, 6) is 0. The second-order valence-corrected chi connectivity index (χ2v) is 5.22. The van der Waals surface area contributed by atoms with E-state index in [2.05, 4.69) is 20.9 Å². The van der Waals surface area contributed by atoms with E-state index in [-0.39, 0.29) is 0 Å². The van der Waals surface area contributed by atoms with Gasteiger partial charge in [-0.3, -0.25) is 4.79 Å². The van der Waals surface area contributed by atoms with Crippen molar-refractivity contribution in [3.63, 3.8) is 0 Å². The third-order valence-corrected chi connectivity index (χ3v) is 3.33. The second-order valence-electron chi connectivity index (χ2n) is 2.42. The molecule has 0 aliphatic carbocycles. The van der Waals surface area contributed by atoms with E-state index in [4.69, 9.17) is 11.6 Å². The van der Waals surface area contributed by atoms with Crippen LogP contribution in [0.25, 0.3) is 10.2 Å². The maximum atomic E-state index is 10.7. The van der Waals surface area contributed by atoms with Gasteiger partial charge in [0.25, 0.3) is 0 Å². The zero-order valence-electron chi connectivity index (χ0n) is 6.25. The van der Waals surface area contributed by atoms with Gasteiger partial charge in [0.2, 0.25) is 0 Å². The van der Waals surface area contributed by atoms with Crippen LogP contribution in [0, 0.1) is 0 Å². The standard InChI is InChI=1S/C8H3BrClNOS/c9-6-2-5-4(3-12)1-7(10)11-8(5)13-6/h1-3H. The highest BCUT2D eigenvalue weighted by atomic mass is 79.9. The van der Waals surface area contributed by atoms with Crippen LogP contribution >= 0.6 is 38.9 Å². The van der Waals surface area contributed by atoms with Crippen molar-refractivity contribution in [3.8, 4) is 0 Å². The number of carbonyl (C=O) groups is 1. The maximum Gasteiger partial charge on any atom is 0.150 e. The van der Waals surface area contributed by atoms with Gasteiger partial charge in [0, 0.05) is 10.9 Å². The molecular weight excluding hydrogens is 274 g/mol. The van der Waals surface area contributed by atoms with Crippen LogP contribution in [0.5, 0.6) is 0 Å². The SMILES string of the molecule is O=Cc1cc(Cl)nc2sc(Br)cc12. The van der Waals surface area contributed by atoms with Crippen LogP contribution in [0.3, 0.4) is 0 Å². The molecule has 0 aliphatic heterocycles. The monoisotopic (exact) mass is 275 g/mol. The highest BCUT2D eigenvalue weighted by molar-refractivity contribution is 9.11. The molecule has 0 saturated carbocycles. The normalized spacial score (nSPS) is 10.6. The number of hydrogen-bond acceptors (Lipinski definition) is 3. The maximum absolute atomic E-state index is 10.7. The lowest BCUT2D eigenvalue weighted by Gasteiger charge is -1.93. The van der Waals surface area contributed by atoms with Crippen molar-refractivity contribution in [3.05, 3.63) is 26.6 Å². The average Bonchev–Trinajstić information content (AvgIpc) is 2.43. The molecule has 0 unspecified atom stereocenters. The summed E-state index contributed by atoms with van der Waals surface area (Å²) >= 11 is 10.5. The molecule has 0 atom stereocenters. The van der Waals surface area contributed by atoms with Crippen molar-refractivity contribution >= 4 is 55.4 Å². The fraction of sp³-hybridized carbons (Fsp3) is 0. The number of hydrogen-bond donors (Lipinski definition) is 0. The van der Waals surface area contributed by atoms with E-state index in [1.54, 1.807) is 6.07 Å². The fourth-order valence-electron chi connectivity index (χ4n) is 1.07. The first kappa shape index (κ1) is 9.12. The van der Waals surface area contributed by atoms with Crippen molar-refractivity contribution in [2.24, 2.45) is 0 Å². The first-order valence-corrected chi connectivity index (χ1v) is 5.40. The summed E-state index contributed by atoms with van der Waals surface area (Å²) in [7, 11) is 0. The van der Waals surface area contributed by atoms with Crippen LogP contribution in [0.15, 0.2) is 15.9 Å². The Bertz CT molecular complexity index is 482. The first-order valence-electron chi connectivity index (χ1n) is 3.41. The summed E-state index contributed by atoms with van der Waals surface area (Å²) in [6, 6.07) is 3.43. The predicted octanol–water partition coefficient (Wildman–Crippen LogP) is 3.52. The number of nitrogens with zero attached hydrogens (tertiary/aromatic N) is 1. The van der Waals surface area contributed by atoms with Gasteiger partial charge in [0.1, 0.15) is 9.98 Å². The minimum Gasteiger partial charge on any atom is -0.298 e. The minimum atomic E-state index is 0.351. The van der Waals surface area contributed by atoms with Crippen LogP contribution < -0.4 is 0 Å². The second kappa shape index (κ2) is 3.36. The summed E-state index contributed by atoms with van der Waals surface area (Å²) in [5, 5.41) is 1.19. The summed E-state index contributed by atoms with van der Waals surface area (Å²) in [5.41, 5.74) is 0.581. The number of carbonyl (C=O) groups excluding carboxylic acids is 1. The molecule has 13 heavy (non-hydrogen) atoms.